The first-order valence-electron chi connectivity index (χ1n) is 11.8. The summed E-state index contributed by atoms with van der Waals surface area (Å²) in [6.45, 7) is 10.3. The Morgan fingerprint density at radius 3 is 2.24 bits per heavy atom. The number of imidazole rings is 1. The Kier molecular flexibility index (Phi) is 7.02. The fraction of sp³-hybridized carbons (Fsp3) is 0.345. The summed E-state index contributed by atoms with van der Waals surface area (Å²) in [6, 6.07) is 26.7. The van der Waals surface area contributed by atoms with Crippen LogP contribution in [0, 0.1) is 0 Å². The van der Waals surface area contributed by atoms with Gasteiger partial charge >= 0.3 is 0 Å². The summed E-state index contributed by atoms with van der Waals surface area (Å²) in [5.74, 6) is 2.75. The third-order valence-electron chi connectivity index (χ3n) is 5.87. The van der Waals surface area contributed by atoms with Crippen LogP contribution in [0.25, 0.3) is 11.0 Å². The highest BCUT2D eigenvalue weighted by atomic mass is 16.5. The maximum absolute atomic E-state index is 6.18. The summed E-state index contributed by atoms with van der Waals surface area (Å²) in [5.41, 5.74) is 3.63. The summed E-state index contributed by atoms with van der Waals surface area (Å²) in [5, 5.41) is 0. The van der Waals surface area contributed by atoms with Crippen LogP contribution in [0.15, 0.2) is 78.9 Å². The van der Waals surface area contributed by atoms with E-state index in [0.717, 1.165) is 47.7 Å². The minimum absolute atomic E-state index is 0.141. The van der Waals surface area contributed by atoms with Crippen LogP contribution in [0.5, 0.6) is 11.5 Å². The highest BCUT2D eigenvalue weighted by Gasteiger charge is 2.18. The molecule has 0 fully saturated rings. The molecule has 33 heavy (non-hydrogen) atoms. The van der Waals surface area contributed by atoms with Gasteiger partial charge in [-0.15, -0.1) is 0 Å². The Hall–Kier alpha value is -3.27. The molecule has 0 aliphatic carbocycles. The van der Waals surface area contributed by atoms with Gasteiger partial charge in [-0.25, -0.2) is 4.98 Å². The van der Waals surface area contributed by atoms with Crippen molar-refractivity contribution in [3.05, 3.63) is 90.3 Å². The van der Waals surface area contributed by atoms with Crippen LogP contribution in [0.1, 0.15) is 58.0 Å². The van der Waals surface area contributed by atoms with Crippen LogP contribution in [-0.2, 0) is 12.0 Å². The van der Waals surface area contributed by atoms with E-state index in [-0.39, 0.29) is 11.5 Å². The van der Waals surface area contributed by atoms with Crippen LogP contribution in [0.2, 0.25) is 0 Å². The van der Waals surface area contributed by atoms with Crippen molar-refractivity contribution in [2.45, 2.75) is 58.6 Å². The van der Waals surface area contributed by atoms with Crippen molar-refractivity contribution in [1.82, 2.24) is 9.55 Å². The number of hydrogen-bond donors (Lipinski definition) is 0. The second-order valence-corrected chi connectivity index (χ2v) is 9.51. The Bertz CT molecular complexity index is 1160. The number of nitrogens with zero attached hydrogens (tertiary/aromatic N) is 2. The van der Waals surface area contributed by atoms with Gasteiger partial charge < -0.3 is 14.0 Å². The molecule has 0 bridgehead atoms. The molecule has 0 aliphatic rings. The van der Waals surface area contributed by atoms with E-state index in [2.05, 4.69) is 74.7 Å². The average Bonchev–Trinajstić information content (AvgIpc) is 3.18. The van der Waals surface area contributed by atoms with Gasteiger partial charge in [0.15, 0.2) is 11.9 Å². The predicted octanol–water partition coefficient (Wildman–Crippen LogP) is 7.33. The Labute approximate surface area is 197 Å². The number of unbranched alkanes of at least 4 members (excludes halogenated alkanes) is 1. The number of rotatable bonds is 9. The number of ether oxygens (including phenoxy) is 2. The van der Waals surface area contributed by atoms with Crippen molar-refractivity contribution in [3.63, 3.8) is 0 Å². The van der Waals surface area contributed by atoms with E-state index in [1.807, 2.05) is 36.4 Å². The highest BCUT2D eigenvalue weighted by Crippen LogP contribution is 2.26. The molecule has 1 atom stereocenters. The zero-order valence-corrected chi connectivity index (χ0v) is 20.1. The average molecular weight is 443 g/mol. The lowest BCUT2D eigenvalue weighted by Gasteiger charge is -2.19. The second kappa shape index (κ2) is 10.1. The molecule has 0 radical (unpaired) electrons. The van der Waals surface area contributed by atoms with Crippen LogP contribution in [0.4, 0.5) is 0 Å². The summed E-state index contributed by atoms with van der Waals surface area (Å²) >= 11 is 0. The molecule has 1 unspecified atom stereocenters. The SMILES string of the molecule is CC(Oc1ccccc1)c1nc2ccccc2n1CCCCOc1ccc(C(C)(C)C)cc1. The molecule has 0 saturated heterocycles. The first-order valence-corrected chi connectivity index (χ1v) is 11.8. The summed E-state index contributed by atoms with van der Waals surface area (Å²) < 4.78 is 14.5. The minimum atomic E-state index is -0.141. The van der Waals surface area contributed by atoms with Crippen LogP contribution >= 0.6 is 0 Å². The van der Waals surface area contributed by atoms with Gasteiger partial charge in [-0.1, -0.05) is 63.2 Å². The van der Waals surface area contributed by atoms with Crippen molar-refractivity contribution < 1.29 is 9.47 Å². The van der Waals surface area contributed by atoms with Gasteiger partial charge in [0.2, 0.25) is 0 Å². The molecule has 0 aliphatic heterocycles. The molecular formula is C29H34N2O2. The van der Waals surface area contributed by atoms with E-state index in [0.29, 0.717) is 6.61 Å². The maximum Gasteiger partial charge on any atom is 0.153 e. The first-order chi connectivity index (χ1) is 15.9. The quantitative estimate of drug-likeness (QED) is 0.255. The molecule has 4 heteroatoms. The van der Waals surface area contributed by atoms with E-state index in [1.54, 1.807) is 0 Å². The topological polar surface area (TPSA) is 36.3 Å². The number of hydrogen-bond acceptors (Lipinski definition) is 3. The van der Waals surface area contributed by atoms with Crippen molar-refractivity contribution in [3.8, 4) is 11.5 Å². The highest BCUT2D eigenvalue weighted by molar-refractivity contribution is 5.76. The molecule has 0 spiro atoms. The molecule has 0 saturated carbocycles. The van der Waals surface area contributed by atoms with Gasteiger partial charge in [0.1, 0.15) is 11.5 Å². The molecule has 172 valence electrons. The normalized spacial score (nSPS) is 12.6. The monoisotopic (exact) mass is 442 g/mol. The number of aryl methyl sites for hydroxylation is 1. The van der Waals surface area contributed by atoms with Gasteiger partial charge in [0, 0.05) is 6.54 Å². The summed E-state index contributed by atoms with van der Waals surface area (Å²) in [6.07, 6.45) is 1.84. The van der Waals surface area contributed by atoms with Crippen molar-refractivity contribution >= 4 is 11.0 Å². The molecule has 1 aromatic heterocycles. The van der Waals surface area contributed by atoms with Gasteiger partial charge in [-0.05, 0) is 67.1 Å². The second-order valence-electron chi connectivity index (χ2n) is 9.51. The number of fused-ring (bicyclic) bond motifs is 1. The van der Waals surface area contributed by atoms with E-state index in [1.165, 1.54) is 5.56 Å². The minimum Gasteiger partial charge on any atom is -0.494 e. The lowest BCUT2D eigenvalue weighted by atomic mass is 9.87. The fourth-order valence-electron chi connectivity index (χ4n) is 4.01. The third kappa shape index (κ3) is 5.75. The zero-order chi connectivity index (χ0) is 23.3. The standard InChI is InChI=1S/C29H34N2O2/c1-22(33-25-12-6-5-7-13-25)28-30-26-14-8-9-15-27(26)31(28)20-10-11-21-32-24-18-16-23(17-19-24)29(2,3)4/h5-9,12-19,22H,10-11,20-21H2,1-4H3. The smallest absolute Gasteiger partial charge is 0.153 e. The Balaban J connectivity index is 1.37. The molecule has 0 amide bonds. The van der Waals surface area contributed by atoms with Gasteiger partial charge in [0.25, 0.3) is 0 Å². The molecule has 4 rings (SSSR count). The molecule has 1 heterocycles. The van der Waals surface area contributed by atoms with Gasteiger partial charge in [0.05, 0.1) is 17.6 Å². The molecule has 4 aromatic rings. The zero-order valence-electron chi connectivity index (χ0n) is 20.1. The van der Waals surface area contributed by atoms with Crippen LogP contribution in [0.3, 0.4) is 0 Å². The third-order valence-corrected chi connectivity index (χ3v) is 5.87. The molecule has 4 nitrogen and oxygen atoms in total. The fourth-order valence-corrected chi connectivity index (χ4v) is 4.01. The maximum atomic E-state index is 6.18. The van der Waals surface area contributed by atoms with Gasteiger partial charge in [-0.2, -0.15) is 0 Å². The van der Waals surface area contributed by atoms with E-state index >= 15 is 0 Å². The predicted molar refractivity (Wildman–Crippen MR) is 135 cm³/mol. The lowest BCUT2D eigenvalue weighted by Crippen LogP contribution is -2.13. The van der Waals surface area contributed by atoms with Crippen molar-refractivity contribution in [1.29, 1.82) is 0 Å². The molecule has 0 N–H and O–H groups in total. The number of benzene rings is 3. The molecular weight excluding hydrogens is 408 g/mol. The van der Waals surface area contributed by atoms with E-state index in [4.69, 9.17) is 14.5 Å². The van der Waals surface area contributed by atoms with Crippen LogP contribution in [-0.4, -0.2) is 16.2 Å². The van der Waals surface area contributed by atoms with Gasteiger partial charge in [-0.3, -0.25) is 0 Å². The summed E-state index contributed by atoms with van der Waals surface area (Å²) in [7, 11) is 0. The number of para-hydroxylation sites is 3. The van der Waals surface area contributed by atoms with Crippen molar-refractivity contribution in [2.75, 3.05) is 6.61 Å². The Morgan fingerprint density at radius 1 is 0.818 bits per heavy atom. The lowest BCUT2D eigenvalue weighted by molar-refractivity contribution is 0.211. The van der Waals surface area contributed by atoms with E-state index in [9.17, 15) is 0 Å². The largest absolute Gasteiger partial charge is 0.494 e. The summed E-state index contributed by atoms with van der Waals surface area (Å²) in [4.78, 5) is 4.89. The molecule has 3 aromatic carbocycles. The first kappa shape index (κ1) is 22.9. The number of aromatic nitrogens is 2. The Morgan fingerprint density at radius 2 is 1.52 bits per heavy atom. The van der Waals surface area contributed by atoms with Crippen LogP contribution < -0.4 is 9.47 Å². The van der Waals surface area contributed by atoms with E-state index < -0.39 is 0 Å². The van der Waals surface area contributed by atoms with Crippen molar-refractivity contribution in [2.24, 2.45) is 0 Å².